The average molecular weight is 329 g/mol. The Morgan fingerprint density at radius 1 is 1.45 bits per heavy atom. The predicted octanol–water partition coefficient (Wildman–Crippen LogP) is 2.21. The van der Waals surface area contributed by atoms with Crippen molar-refractivity contribution >= 4 is 18.3 Å². The van der Waals surface area contributed by atoms with Crippen LogP contribution in [0.25, 0.3) is 11.4 Å². The molecule has 6 nitrogen and oxygen atoms in total. The molecule has 0 saturated carbocycles. The largest absolute Gasteiger partial charge is 0.345 e. The quantitative estimate of drug-likeness (QED) is 0.877. The van der Waals surface area contributed by atoms with E-state index in [1.54, 1.807) is 26.0 Å². The van der Waals surface area contributed by atoms with Gasteiger partial charge in [-0.3, -0.25) is 4.79 Å². The fraction of sp³-hybridized carbons (Fsp3) is 0.357. The fourth-order valence-corrected chi connectivity index (χ4v) is 1.81. The minimum atomic E-state index is -0.439. The fourth-order valence-electron chi connectivity index (χ4n) is 1.81. The van der Waals surface area contributed by atoms with Crippen molar-refractivity contribution in [3.05, 3.63) is 36.0 Å². The number of benzene rings is 1. The molecule has 1 amide bonds. The molecule has 8 heteroatoms. The standard InChI is InChI=1S/C14H17FN4O2.ClH/c1-8(16)6-12(20)17-9(2)14-18-13(19-21-14)10-4-3-5-11(15)7-10;/h3-5,7-9H,6,16H2,1-2H3,(H,17,20);1H. The third-order valence-corrected chi connectivity index (χ3v) is 2.78. The van der Waals surface area contributed by atoms with Gasteiger partial charge in [0.1, 0.15) is 11.9 Å². The van der Waals surface area contributed by atoms with Gasteiger partial charge in [-0.15, -0.1) is 12.4 Å². The number of halogens is 2. The Kier molecular flexibility index (Phi) is 6.45. The highest BCUT2D eigenvalue weighted by atomic mass is 35.5. The Balaban J connectivity index is 0.00000242. The number of nitrogens with zero attached hydrogens (tertiary/aromatic N) is 2. The van der Waals surface area contributed by atoms with E-state index in [0.29, 0.717) is 5.56 Å². The lowest BCUT2D eigenvalue weighted by atomic mass is 10.2. The first-order valence-corrected chi connectivity index (χ1v) is 6.60. The molecule has 0 radical (unpaired) electrons. The summed E-state index contributed by atoms with van der Waals surface area (Å²) in [5.41, 5.74) is 6.07. The smallest absolute Gasteiger partial charge is 0.249 e. The van der Waals surface area contributed by atoms with Crippen LogP contribution in [0.4, 0.5) is 4.39 Å². The maximum atomic E-state index is 13.2. The first-order chi connectivity index (χ1) is 9.95. The molecule has 2 atom stereocenters. The number of nitrogens with one attached hydrogen (secondary N) is 1. The molecule has 120 valence electrons. The number of aromatic nitrogens is 2. The van der Waals surface area contributed by atoms with E-state index >= 15 is 0 Å². The van der Waals surface area contributed by atoms with Gasteiger partial charge < -0.3 is 15.6 Å². The second kappa shape index (κ2) is 7.86. The van der Waals surface area contributed by atoms with Gasteiger partial charge in [0.05, 0.1) is 0 Å². The molecule has 1 aromatic carbocycles. The molecule has 0 aliphatic heterocycles. The van der Waals surface area contributed by atoms with E-state index in [1.807, 2.05) is 0 Å². The van der Waals surface area contributed by atoms with Gasteiger partial charge in [0.15, 0.2) is 0 Å². The topological polar surface area (TPSA) is 94.0 Å². The van der Waals surface area contributed by atoms with E-state index in [-0.39, 0.29) is 48.3 Å². The van der Waals surface area contributed by atoms with Crippen LogP contribution in [0.15, 0.2) is 28.8 Å². The Bertz CT molecular complexity index is 633. The van der Waals surface area contributed by atoms with Gasteiger partial charge >= 0.3 is 0 Å². The SMILES string of the molecule is CC(N)CC(=O)NC(C)c1nc(-c2cccc(F)c2)no1.Cl. The zero-order chi connectivity index (χ0) is 15.4. The molecule has 2 unspecified atom stereocenters. The molecule has 0 aliphatic carbocycles. The summed E-state index contributed by atoms with van der Waals surface area (Å²) in [7, 11) is 0. The van der Waals surface area contributed by atoms with E-state index in [1.165, 1.54) is 12.1 Å². The van der Waals surface area contributed by atoms with Gasteiger partial charge in [-0.2, -0.15) is 4.98 Å². The van der Waals surface area contributed by atoms with Gasteiger partial charge in [-0.05, 0) is 26.0 Å². The van der Waals surface area contributed by atoms with Crippen LogP contribution in [0.1, 0.15) is 32.2 Å². The third-order valence-electron chi connectivity index (χ3n) is 2.78. The number of carbonyl (C=O) groups is 1. The van der Waals surface area contributed by atoms with Gasteiger partial charge in [0.2, 0.25) is 17.6 Å². The van der Waals surface area contributed by atoms with Crippen molar-refractivity contribution in [1.29, 1.82) is 0 Å². The van der Waals surface area contributed by atoms with E-state index in [9.17, 15) is 9.18 Å². The molecular weight excluding hydrogens is 311 g/mol. The van der Waals surface area contributed by atoms with E-state index < -0.39 is 6.04 Å². The lowest BCUT2D eigenvalue weighted by molar-refractivity contribution is -0.122. The summed E-state index contributed by atoms with van der Waals surface area (Å²) in [5, 5.41) is 6.50. The van der Waals surface area contributed by atoms with Crippen molar-refractivity contribution in [2.75, 3.05) is 0 Å². The number of hydrogen-bond donors (Lipinski definition) is 2. The third kappa shape index (κ3) is 4.78. The van der Waals surface area contributed by atoms with Crippen LogP contribution in [0.2, 0.25) is 0 Å². The van der Waals surface area contributed by atoms with Crippen LogP contribution in [-0.2, 0) is 4.79 Å². The van der Waals surface area contributed by atoms with Crippen LogP contribution >= 0.6 is 12.4 Å². The van der Waals surface area contributed by atoms with E-state index in [4.69, 9.17) is 10.3 Å². The number of carbonyl (C=O) groups excluding carboxylic acids is 1. The van der Waals surface area contributed by atoms with E-state index in [2.05, 4.69) is 15.5 Å². The first-order valence-electron chi connectivity index (χ1n) is 6.60. The van der Waals surface area contributed by atoms with Crippen LogP contribution in [-0.4, -0.2) is 22.1 Å². The Morgan fingerprint density at radius 3 is 2.82 bits per heavy atom. The zero-order valence-corrected chi connectivity index (χ0v) is 13.1. The first kappa shape index (κ1) is 18.1. The molecular formula is C14H18ClFN4O2. The number of nitrogens with two attached hydrogens (primary N) is 1. The maximum Gasteiger partial charge on any atom is 0.249 e. The predicted molar refractivity (Wildman–Crippen MR) is 81.8 cm³/mol. The van der Waals surface area contributed by atoms with Crippen molar-refractivity contribution in [3.8, 4) is 11.4 Å². The molecule has 0 saturated heterocycles. The van der Waals surface area contributed by atoms with Crippen LogP contribution < -0.4 is 11.1 Å². The second-order valence-electron chi connectivity index (χ2n) is 4.94. The molecule has 22 heavy (non-hydrogen) atoms. The monoisotopic (exact) mass is 328 g/mol. The minimum Gasteiger partial charge on any atom is -0.345 e. The van der Waals surface area contributed by atoms with Crippen molar-refractivity contribution in [2.24, 2.45) is 5.73 Å². The van der Waals surface area contributed by atoms with Gasteiger partial charge in [-0.1, -0.05) is 17.3 Å². The normalized spacial score (nSPS) is 13.1. The Morgan fingerprint density at radius 2 is 2.18 bits per heavy atom. The highest BCUT2D eigenvalue weighted by Gasteiger charge is 2.18. The number of amides is 1. The van der Waals surface area contributed by atoms with E-state index in [0.717, 1.165) is 0 Å². The van der Waals surface area contributed by atoms with Gasteiger partial charge in [0, 0.05) is 18.0 Å². The molecule has 0 fully saturated rings. The highest BCUT2D eigenvalue weighted by Crippen LogP contribution is 2.19. The van der Waals surface area contributed by atoms with Crippen LogP contribution in [0, 0.1) is 5.82 Å². The molecule has 0 spiro atoms. The maximum absolute atomic E-state index is 13.2. The van der Waals surface area contributed by atoms with Crippen molar-refractivity contribution in [2.45, 2.75) is 32.4 Å². The second-order valence-corrected chi connectivity index (χ2v) is 4.94. The number of hydrogen-bond acceptors (Lipinski definition) is 5. The lowest BCUT2D eigenvalue weighted by Gasteiger charge is -2.10. The summed E-state index contributed by atoms with van der Waals surface area (Å²) in [5.74, 6) is -0.0368. The molecule has 3 N–H and O–H groups in total. The zero-order valence-electron chi connectivity index (χ0n) is 12.2. The highest BCUT2D eigenvalue weighted by molar-refractivity contribution is 5.85. The van der Waals surface area contributed by atoms with Gasteiger partial charge in [-0.25, -0.2) is 4.39 Å². The molecule has 2 aromatic rings. The molecule has 1 heterocycles. The average Bonchev–Trinajstić information content (AvgIpc) is 2.87. The summed E-state index contributed by atoms with van der Waals surface area (Å²) in [6, 6.07) is 5.23. The molecule has 0 aliphatic rings. The molecule has 0 bridgehead atoms. The van der Waals surface area contributed by atoms with Crippen LogP contribution in [0.3, 0.4) is 0 Å². The molecule has 1 aromatic heterocycles. The summed E-state index contributed by atoms with van der Waals surface area (Å²) < 4.78 is 18.3. The molecule has 2 rings (SSSR count). The van der Waals surface area contributed by atoms with Crippen LogP contribution in [0.5, 0.6) is 0 Å². The van der Waals surface area contributed by atoms with Crippen molar-refractivity contribution in [3.63, 3.8) is 0 Å². The minimum absolute atomic E-state index is 0. The summed E-state index contributed by atoms with van der Waals surface area (Å²) in [4.78, 5) is 15.8. The summed E-state index contributed by atoms with van der Waals surface area (Å²) in [6.07, 6.45) is 0.217. The Hall–Kier alpha value is -1.99. The Labute approximate surface area is 133 Å². The van der Waals surface area contributed by atoms with Crippen molar-refractivity contribution < 1.29 is 13.7 Å². The lowest BCUT2D eigenvalue weighted by Crippen LogP contribution is -2.31. The number of rotatable bonds is 5. The van der Waals surface area contributed by atoms with Gasteiger partial charge in [0.25, 0.3) is 0 Å². The van der Waals surface area contributed by atoms with Crippen molar-refractivity contribution in [1.82, 2.24) is 15.5 Å². The summed E-state index contributed by atoms with van der Waals surface area (Å²) >= 11 is 0. The summed E-state index contributed by atoms with van der Waals surface area (Å²) in [6.45, 7) is 3.47.